The van der Waals surface area contributed by atoms with E-state index in [0.717, 1.165) is 0 Å². The van der Waals surface area contributed by atoms with Gasteiger partial charge in [-0.2, -0.15) is 0 Å². The van der Waals surface area contributed by atoms with Gasteiger partial charge in [-0.25, -0.2) is 0 Å². The van der Waals surface area contributed by atoms with E-state index in [9.17, 15) is 0 Å². The summed E-state index contributed by atoms with van der Waals surface area (Å²) in [6.45, 7) is 0. The number of hydrogen-bond acceptors (Lipinski definition) is 1. The molecule has 0 aromatic carbocycles. The predicted octanol–water partition coefficient (Wildman–Crippen LogP) is 1.24. The Morgan fingerprint density at radius 1 is 1.33 bits per heavy atom. The molecule has 1 nitrogen and oxygen atoms in total. The lowest BCUT2D eigenvalue weighted by Gasteiger charge is -1.78. The molecule has 0 saturated heterocycles. The van der Waals surface area contributed by atoms with Crippen LogP contribution in [0.2, 0.25) is 0 Å². The second kappa shape index (κ2) is 2.11. The molecule has 1 heterocycles. The highest BCUT2D eigenvalue weighted by Gasteiger charge is 1.96. The Morgan fingerprint density at radius 2 is 2.11 bits per heavy atom. The van der Waals surface area contributed by atoms with Crippen LogP contribution in [0, 0.1) is 24.7 Å². The highest BCUT2D eigenvalue weighted by atomic mass is 16.3. The summed E-state index contributed by atoms with van der Waals surface area (Å²) in [6, 6.07) is 1.66. The third-order valence-electron chi connectivity index (χ3n) is 0.952. The number of rotatable bonds is 0. The summed E-state index contributed by atoms with van der Waals surface area (Å²) in [5.41, 5.74) is 0.637. The molecule has 0 amide bonds. The summed E-state index contributed by atoms with van der Waals surface area (Å²) >= 11 is 0. The molecule has 0 atom stereocenters. The Kier molecular flexibility index (Phi) is 1.30. The van der Waals surface area contributed by atoms with Crippen LogP contribution in [-0.2, 0) is 0 Å². The van der Waals surface area contributed by atoms with E-state index in [1.165, 1.54) is 6.26 Å². The van der Waals surface area contributed by atoms with Crippen molar-refractivity contribution >= 4 is 0 Å². The predicted molar refractivity (Wildman–Crippen MR) is 34.6 cm³/mol. The van der Waals surface area contributed by atoms with Gasteiger partial charge in [0.05, 0.1) is 11.8 Å². The normalized spacial score (nSPS) is 7.78. The summed E-state index contributed by atoms with van der Waals surface area (Å²) < 4.78 is 4.83. The first-order chi connectivity index (χ1) is 4.38. The van der Waals surface area contributed by atoms with Crippen molar-refractivity contribution < 1.29 is 4.42 Å². The fourth-order valence-electron chi connectivity index (χ4n) is 0.535. The van der Waals surface area contributed by atoms with Gasteiger partial charge in [-0.1, -0.05) is 5.92 Å². The van der Waals surface area contributed by atoms with Crippen LogP contribution < -0.4 is 0 Å². The van der Waals surface area contributed by atoms with Crippen molar-refractivity contribution in [2.24, 2.45) is 0 Å². The Morgan fingerprint density at radius 3 is 2.56 bits per heavy atom. The molecule has 1 rings (SSSR count). The van der Waals surface area contributed by atoms with Crippen LogP contribution in [0.25, 0.3) is 0 Å². The number of hydrogen-bond donors (Lipinski definition) is 0. The molecule has 0 aliphatic carbocycles. The summed E-state index contributed by atoms with van der Waals surface area (Å²) in [4.78, 5) is 0. The van der Waals surface area contributed by atoms with Gasteiger partial charge in [0.1, 0.15) is 0 Å². The molecule has 0 spiro atoms. The summed E-state index contributed by atoms with van der Waals surface area (Å²) in [6.07, 6.45) is 11.6. The molecule has 1 aromatic heterocycles. The standard InChI is InChI=1S/C8H4O/c1-3-7-5-6-9-8(7)4-2/h1-2,5-6H. The highest BCUT2D eigenvalue weighted by Crippen LogP contribution is 2.05. The SMILES string of the molecule is C#Cc1ccoc1C#C. The van der Waals surface area contributed by atoms with Crippen molar-refractivity contribution in [3.8, 4) is 24.7 Å². The molecule has 9 heavy (non-hydrogen) atoms. The first-order valence-corrected chi connectivity index (χ1v) is 2.39. The average Bonchev–Trinajstić information content (AvgIpc) is 2.33. The summed E-state index contributed by atoms with van der Waals surface area (Å²) in [5, 5.41) is 0. The smallest absolute Gasteiger partial charge is 0.191 e. The maximum absolute atomic E-state index is 5.07. The van der Waals surface area contributed by atoms with Gasteiger partial charge >= 0.3 is 0 Å². The minimum absolute atomic E-state index is 0.428. The summed E-state index contributed by atoms with van der Waals surface area (Å²) in [5.74, 6) is 5.14. The minimum atomic E-state index is 0.428. The lowest BCUT2D eigenvalue weighted by Crippen LogP contribution is -1.70. The molecule has 42 valence electrons. The Bertz CT molecular complexity index is 252. The lowest BCUT2D eigenvalue weighted by atomic mass is 10.3. The van der Waals surface area contributed by atoms with Gasteiger partial charge in [-0.05, 0) is 12.0 Å². The first kappa shape index (κ1) is 5.54. The van der Waals surface area contributed by atoms with Gasteiger partial charge in [0, 0.05) is 0 Å². The Labute approximate surface area is 53.7 Å². The average molecular weight is 116 g/mol. The van der Waals surface area contributed by atoms with E-state index in [-0.39, 0.29) is 0 Å². The van der Waals surface area contributed by atoms with Gasteiger partial charge in [0.2, 0.25) is 0 Å². The number of furan rings is 1. The van der Waals surface area contributed by atoms with Crippen molar-refractivity contribution in [2.75, 3.05) is 0 Å². The lowest BCUT2D eigenvalue weighted by molar-refractivity contribution is 0.554. The molecule has 0 aliphatic heterocycles. The van der Waals surface area contributed by atoms with E-state index >= 15 is 0 Å². The first-order valence-electron chi connectivity index (χ1n) is 2.39. The van der Waals surface area contributed by atoms with E-state index in [1.807, 2.05) is 0 Å². The molecule has 1 heteroatoms. The van der Waals surface area contributed by atoms with Crippen molar-refractivity contribution in [3.63, 3.8) is 0 Å². The maximum atomic E-state index is 5.07. The molecule has 0 unspecified atom stereocenters. The Hall–Kier alpha value is -1.60. The largest absolute Gasteiger partial charge is 0.455 e. The fraction of sp³-hybridized carbons (Fsp3) is 0. The fourth-order valence-corrected chi connectivity index (χ4v) is 0.535. The molecular formula is C8H4O. The van der Waals surface area contributed by atoms with Gasteiger partial charge in [-0.15, -0.1) is 12.8 Å². The van der Waals surface area contributed by atoms with Gasteiger partial charge in [0.15, 0.2) is 5.76 Å². The molecule has 0 aliphatic rings. The van der Waals surface area contributed by atoms with Crippen LogP contribution in [0.3, 0.4) is 0 Å². The quantitative estimate of drug-likeness (QED) is 0.465. The van der Waals surface area contributed by atoms with Crippen LogP contribution in [0.5, 0.6) is 0 Å². The van der Waals surface area contributed by atoms with E-state index in [2.05, 4.69) is 11.8 Å². The Balaban J connectivity index is 3.22. The third kappa shape index (κ3) is 0.806. The van der Waals surface area contributed by atoms with Gasteiger partial charge < -0.3 is 4.42 Å². The molecular weight excluding hydrogens is 112 g/mol. The molecule has 0 radical (unpaired) electrons. The third-order valence-corrected chi connectivity index (χ3v) is 0.952. The van der Waals surface area contributed by atoms with E-state index < -0.39 is 0 Å². The maximum Gasteiger partial charge on any atom is 0.191 e. The van der Waals surface area contributed by atoms with Crippen molar-refractivity contribution in [2.45, 2.75) is 0 Å². The van der Waals surface area contributed by atoms with E-state index in [4.69, 9.17) is 17.3 Å². The summed E-state index contributed by atoms with van der Waals surface area (Å²) in [7, 11) is 0. The van der Waals surface area contributed by atoms with Crippen molar-refractivity contribution in [3.05, 3.63) is 23.7 Å². The van der Waals surface area contributed by atoms with Crippen molar-refractivity contribution in [1.82, 2.24) is 0 Å². The highest BCUT2D eigenvalue weighted by molar-refractivity contribution is 5.41. The molecule has 1 aromatic rings. The zero-order chi connectivity index (χ0) is 6.69. The molecule has 0 saturated carbocycles. The van der Waals surface area contributed by atoms with Crippen molar-refractivity contribution in [1.29, 1.82) is 0 Å². The molecule has 0 fully saturated rings. The molecule has 0 bridgehead atoms. The second-order valence-corrected chi connectivity index (χ2v) is 1.45. The van der Waals surface area contributed by atoms with Crippen LogP contribution in [-0.4, -0.2) is 0 Å². The minimum Gasteiger partial charge on any atom is -0.455 e. The number of terminal acetylenes is 2. The second-order valence-electron chi connectivity index (χ2n) is 1.45. The monoisotopic (exact) mass is 116 g/mol. The van der Waals surface area contributed by atoms with Gasteiger partial charge in [-0.3, -0.25) is 0 Å². The van der Waals surface area contributed by atoms with Gasteiger partial charge in [0.25, 0.3) is 0 Å². The van der Waals surface area contributed by atoms with E-state index in [0.29, 0.717) is 11.3 Å². The van der Waals surface area contributed by atoms with Crippen LogP contribution in [0.1, 0.15) is 11.3 Å². The van der Waals surface area contributed by atoms with E-state index in [1.54, 1.807) is 6.07 Å². The molecule has 0 N–H and O–H groups in total. The zero-order valence-electron chi connectivity index (χ0n) is 4.72. The van der Waals surface area contributed by atoms with Crippen LogP contribution in [0.15, 0.2) is 16.7 Å². The van der Waals surface area contributed by atoms with Crippen LogP contribution >= 0.6 is 0 Å². The van der Waals surface area contributed by atoms with Crippen LogP contribution in [0.4, 0.5) is 0 Å². The zero-order valence-corrected chi connectivity index (χ0v) is 4.72. The topological polar surface area (TPSA) is 13.1 Å².